The lowest BCUT2D eigenvalue weighted by Crippen LogP contribution is -2.27. The Labute approximate surface area is 222 Å². The normalized spacial score (nSPS) is 13.4. The van der Waals surface area contributed by atoms with Crippen LogP contribution in [0.25, 0.3) is 0 Å². The van der Waals surface area contributed by atoms with E-state index in [2.05, 4.69) is 103 Å². The van der Waals surface area contributed by atoms with Crippen LogP contribution in [0.1, 0.15) is 47.9 Å². The van der Waals surface area contributed by atoms with E-state index in [0.717, 1.165) is 61.7 Å². The molecule has 0 aliphatic rings. The molecule has 0 saturated heterocycles. The van der Waals surface area contributed by atoms with Gasteiger partial charge in [-0.3, -0.25) is 9.98 Å². The molecule has 0 aliphatic carbocycles. The maximum atomic E-state index is 6.18. The van der Waals surface area contributed by atoms with E-state index < -0.39 is 16.6 Å². The number of hydrogen-bond donors (Lipinski definition) is 0. The topological polar surface area (TPSA) is 43.2 Å². The Balaban J connectivity index is 2.49. The molecule has 0 amide bonds. The minimum absolute atomic E-state index is 0.761. The minimum atomic E-state index is -1.55. The summed E-state index contributed by atoms with van der Waals surface area (Å²) in [6, 6.07) is 12.8. The summed E-state index contributed by atoms with van der Waals surface area (Å²) >= 11 is 0. The molecule has 4 nitrogen and oxygen atoms in total. The van der Waals surface area contributed by atoms with E-state index in [4.69, 9.17) is 18.8 Å². The molecule has 2 aromatic rings. The Morgan fingerprint density at radius 2 is 0.889 bits per heavy atom. The van der Waals surface area contributed by atoms with Crippen LogP contribution < -0.4 is 0 Å². The molecule has 0 N–H and O–H groups in total. The summed E-state index contributed by atoms with van der Waals surface area (Å²) in [7, 11) is -3.10. The smallest absolute Gasteiger partial charge is 0.183 e. The molecule has 0 fully saturated rings. The number of aryl methyl sites for hydroxylation is 4. The molecular formula is C30H48N2O2Si2. The van der Waals surface area contributed by atoms with Gasteiger partial charge in [0, 0.05) is 13.2 Å². The molecule has 2 aromatic carbocycles. The van der Waals surface area contributed by atoms with E-state index in [1.807, 2.05) is 0 Å². The van der Waals surface area contributed by atoms with Gasteiger partial charge in [0.2, 0.25) is 0 Å². The zero-order chi connectivity index (χ0) is 26.9. The van der Waals surface area contributed by atoms with Crippen LogP contribution in [0.4, 0.5) is 11.4 Å². The highest BCUT2D eigenvalue weighted by atomic mass is 28.4. The second-order valence-corrected chi connectivity index (χ2v) is 20.8. The fourth-order valence-electron chi connectivity index (χ4n) is 4.00. The average Bonchev–Trinajstić information content (AvgIpc) is 2.75. The molecule has 6 heteroatoms. The predicted octanol–water partition coefficient (Wildman–Crippen LogP) is 9.03. The lowest BCUT2D eigenvalue weighted by molar-refractivity contribution is 0.306. The SMILES string of the molecule is Cc1cccc(C)c1N=C(CCCO[Si](C)(C)C)C(CCCO[Si](C)(C)C)=Nc1c(C)cccc1C. The number of nitrogens with zero attached hydrogens (tertiary/aromatic N) is 2. The van der Waals surface area contributed by atoms with Crippen molar-refractivity contribution in [2.24, 2.45) is 9.98 Å². The summed E-state index contributed by atoms with van der Waals surface area (Å²) in [5.41, 5.74) is 9.04. The highest BCUT2D eigenvalue weighted by Gasteiger charge is 2.18. The van der Waals surface area contributed by atoms with Gasteiger partial charge in [-0.2, -0.15) is 0 Å². The molecule has 0 spiro atoms. The molecule has 0 unspecified atom stereocenters. The number of rotatable bonds is 13. The van der Waals surface area contributed by atoms with E-state index in [1.165, 1.54) is 22.3 Å². The molecule has 0 saturated carbocycles. The summed E-state index contributed by atoms with van der Waals surface area (Å²) in [5, 5.41) is 0. The fraction of sp³-hybridized carbons (Fsp3) is 0.533. The summed E-state index contributed by atoms with van der Waals surface area (Å²) in [6.45, 7) is 23.5. The molecule has 0 heterocycles. The van der Waals surface area contributed by atoms with Crippen molar-refractivity contribution in [1.82, 2.24) is 0 Å². The van der Waals surface area contributed by atoms with Gasteiger partial charge < -0.3 is 8.85 Å². The van der Waals surface area contributed by atoms with Crippen LogP contribution in [0, 0.1) is 27.7 Å². The lowest BCUT2D eigenvalue weighted by Gasteiger charge is -2.19. The van der Waals surface area contributed by atoms with Crippen molar-refractivity contribution >= 4 is 39.4 Å². The van der Waals surface area contributed by atoms with Gasteiger partial charge in [0.25, 0.3) is 0 Å². The number of benzene rings is 2. The highest BCUT2D eigenvalue weighted by Crippen LogP contribution is 2.27. The van der Waals surface area contributed by atoms with Crippen LogP contribution in [0.5, 0.6) is 0 Å². The van der Waals surface area contributed by atoms with E-state index in [-0.39, 0.29) is 0 Å². The molecule has 0 bridgehead atoms. The largest absolute Gasteiger partial charge is 0.418 e. The summed E-state index contributed by atoms with van der Waals surface area (Å²) < 4.78 is 12.4. The zero-order valence-electron chi connectivity index (χ0n) is 24.4. The summed E-state index contributed by atoms with van der Waals surface area (Å²) in [4.78, 5) is 10.6. The van der Waals surface area contributed by atoms with E-state index in [9.17, 15) is 0 Å². The van der Waals surface area contributed by atoms with Gasteiger partial charge in [-0.05, 0) is 115 Å². The average molecular weight is 525 g/mol. The van der Waals surface area contributed by atoms with Gasteiger partial charge >= 0.3 is 0 Å². The van der Waals surface area contributed by atoms with Crippen molar-refractivity contribution in [3.05, 3.63) is 58.7 Å². The van der Waals surface area contributed by atoms with E-state index in [0.29, 0.717) is 0 Å². The third-order valence-corrected chi connectivity index (χ3v) is 8.03. The van der Waals surface area contributed by atoms with Crippen molar-refractivity contribution in [3.63, 3.8) is 0 Å². The molecule has 36 heavy (non-hydrogen) atoms. The standard InChI is InChI=1S/C30H48N2O2Si2/c1-23-15-11-16-24(2)29(23)31-27(19-13-21-33-35(5,6)7)28(20-14-22-34-36(8,9)10)32-30-25(3)17-12-18-26(30)4/h11-12,15-18H,13-14,19-22H2,1-10H3. The van der Waals surface area contributed by atoms with Gasteiger partial charge in [-0.15, -0.1) is 0 Å². The van der Waals surface area contributed by atoms with Crippen LogP contribution in [0.15, 0.2) is 46.4 Å². The third kappa shape index (κ3) is 10.6. The first-order valence-electron chi connectivity index (χ1n) is 13.3. The van der Waals surface area contributed by atoms with Gasteiger partial charge in [0.1, 0.15) is 0 Å². The molecule has 0 aromatic heterocycles. The summed E-state index contributed by atoms with van der Waals surface area (Å²) in [5.74, 6) is 0. The van der Waals surface area contributed by atoms with Crippen LogP contribution in [-0.4, -0.2) is 41.3 Å². The van der Waals surface area contributed by atoms with Crippen molar-refractivity contribution < 1.29 is 8.85 Å². The van der Waals surface area contributed by atoms with Crippen molar-refractivity contribution in [3.8, 4) is 0 Å². The van der Waals surface area contributed by atoms with E-state index in [1.54, 1.807) is 0 Å². The first-order valence-corrected chi connectivity index (χ1v) is 20.1. The Bertz CT molecular complexity index is 938. The highest BCUT2D eigenvalue weighted by molar-refractivity contribution is 6.70. The Hall–Kier alpha value is -1.87. The van der Waals surface area contributed by atoms with E-state index >= 15 is 0 Å². The fourth-order valence-corrected chi connectivity index (χ4v) is 5.51. The summed E-state index contributed by atoms with van der Waals surface area (Å²) in [6.07, 6.45) is 3.56. The quantitative estimate of drug-likeness (QED) is 0.149. The van der Waals surface area contributed by atoms with Crippen molar-refractivity contribution in [2.45, 2.75) is 92.7 Å². The van der Waals surface area contributed by atoms with Crippen LogP contribution in [-0.2, 0) is 8.85 Å². The van der Waals surface area contributed by atoms with Gasteiger partial charge in [0.15, 0.2) is 16.6 Å². The molecule has 0 atom stereocenters. The molecule has 0 aliphatic heterocycles. The van der Waals surface area contributed by atoms with Crippen LogP contribution >= 0.6 is 0 Å². The van der Waals surface area contributed by atoms with Gasteiger partial charge in [-0.25, -0.2) is 0 Å². The van der Waals surface area contributed by atoms with Crippen molar-refractivity contribution in [1.29, 1.82) is 0 Å². The van der Waals surface area contributed by atoms with Gasteiger partial charge in [-0.1, -0.05) is 36.4 Å². The van der Waals surface area contributed by atoms with Gasteiger partial charge in [0.05, 0.1) is 22.8 Å². The first kappa shape index (κ1) is 30.4. The number of para-hydroxylation sites is 2. The Morgan fingerprint density at radius 1 is 0.583 bits per heavy atom. The van der Waals surface area contributed by atoms with Crippen molar-refractivity contribution in [2.75, 3.05) is 13.2 Å². The number of hydrogen-bond acceptors (Lipinski definition) is 4. The molecule has 198 valence electrons. The minimum Gasteiger partial charge on any atom is -0.418 e. The lowest BCUT2D eigenvalue weighted by atomic mass is 10.0. The molecule has 0 radical (unpaired) electrons. The number of aliphatic imine (C=N–C) groups is 2. The Kier molecular flexibility index (Phi) is 11.5. The zero-order valence-corrected chi connectivity index (χ0v) is 26.4. The first-order chi connectivity index (χ1) is 16.8. The third-order valence-electron chi connectivity index (χ3n) is 5.89. The monoisotopic (exact) mass is 524 g/mol. The molecule has 2 rings (SSSR count). The maximum absolute atomic E-state index is 6.18. The van der Waals surface area contributed by atoms with Crippen LogP contribution in [0.3, 0.4) is 0 Å². The second kappa shape index (κ2) is 13.6. The maximum Gasteiger partial charge on any atom is 0.183 e. The Morgan fingerprint density at radius 3 is 1.17 bits per heavy atom. The molecular weight excluding hydrogens is 477 g/mol. The van der Waals surface area contributed by atoms with Crippen LogP contribution in [0.2, 0.25) is 39.3 Å². The predicted molar refractivity (Wildman–Crippen MR) is 163 cm³/mol. The second-order valence-electron chi connectivity index (χ2n) is 11.7.